The highest BCUT2D eigenvalue weighted by molar-refractivity contribution is 5.36. The average Bonchev–Trinajstić information content (AvgIpc) is 2.42. The molecule has 0 aliphatic carbocycles. The zero-order valence-corrected chi connectivity index (χ0v) is 10.2. The number of allylic oxidation sites excluding steroid dienone is 2. The van der Waals surface area contributed by atoms with Gasteiger partial charge in [0.2, 0.25) is 0 Å². The lowest BCUT2D eigenvalue weighted by atomic mass is 9.91. The number of hydrogen-bond donors (Lipinski definition) is 0. The van der Waals surface area contributed by atoms with Gasteiger partial charge in [0, 0.05) is 5.92 Å². The standard InChI is InChI=1S/C17H18/c1-2-3-14-17(15-10-6-4-7-11-15)16-12-8-5-9-13-16/h3-14,17H,2H2,1H3. The molecule has 2 rings (SSSR count). The van der Waals surface area contributed by atoms with Crippen molar-refractivity contribution >= 4 is 0 Å². The fourth-order valence-corrected chi connectivity index (χ4v) is 2.01. The molecule has 0 radical (unpaired) electrons. The highest BCUT2D eigenvalue weighted by Gasteiger charge is 2.09. The molecule has 0 unspecified atom stereocenters. The van der Waals surface area contributed by atoms with E-state index in [0.717, 1.165) is 6.42 Å². The molecule has 17 heavy (non-hydrogen) atoms. The third-order valence-corrected chi connectivity index (χ3v) is 2.88. The molecule has 0 nitrogen and oxygen atoms in total. The van der Waals surface area contributed by atoms with E-state index in [1.807, 2.05) is 0 Å². The molecule has 0 fully saturated rings. The highest BCUT2D eigenvalue weighted by atomic mass is 14.1. The van der Waals surface area contributed by atoms with Crippen LogP contribution in [0.4, 0.5) is 0 Å². The maximum Gasteiger partial charge on any atom is 0.0269 e. The first-order chi connectivity index (χ1) is 8.42. The molecule has 0 amide bonds. The maximum absolute atomic E-state index is 2.30. The summed E-state index contributed by atoms with van der Waals surface area (Å²) in [6, 6.07) is 21.3. The van der Waals surface area contributed by atoms with Crippen LogP contribution in [0.2, 0.25) is 0 Å². The van der Waals surface area contributed by atoms with Gasteiger partial charge in [0.25, 0.3) is 0 Å². The summed E-state index contributed by atoms with van der Waals surface area (Å²) in [6.07, 6.45) is 5.62. The minimum absolute atomic E-state index is 0.373. The van der Waals surface area contributed by atoms with E-state index in [-0.39, 0.29) is 0 Å². The SMILES string of the molecule is CCC=CC(c1ccccc1)c1ccccc1. The molecule has 0 aliphatic rings. The fourth-order valence-electron chi connectivity index (χ4n) is 2.01. The van der Waals surface area contributed by atoms with E-state index in [1.54, 1.807) is 0 Å². The van der Waals surface area contributed by atoms with Gasteiger partial charge in [-0.2, -0.15) is 0 Å². The van der Waals surface area contributed by atoms with Crippen molar-refractivity contribution in [2.75, 3.05) is 0 Å². The summed E-state index contributed by atoms with van der Waals surface area (Å²) in [6.45, 7) is 2.17. The number of benzene rings is 2. The van der Waals surface area contributed by atoms with E-state index in [0.29, 0.717) is 5.92 Å². The third kappa shape index (κ3) is 3.07. The van der Waals surface area contributed by atoms with Crippen LogP contribution in [0.5, 0.6) is 0 Å². The van der Waals surface area contributed by atoms with Crippen LogP contribution < -0.4 is 0 Å². The fraction of sp³-hybridized carbons (Fsp3) is 0.176. The minimum atomic E-state index is 0.373. The Morgan fingerprint density at radius 2 is 1.29 bits per heavy atom. The van der Waals surface area contributed by atoms with Crippen LogP contribution in [0.15, 0.2) is 72.8 Å². The lowest BCUT2D eigenvalue weighted by Gasteiger charge is -2.13. The minimum Gasteiger partial charge on any atom is -0.0879 e. The van der Waals surface area contributed by atoms with E-state index < -0.39 is 0 Å². The molecular weight excluding hydrogens is 204 g/mol. The van der Waals surface area contributed by atoms with Gasteiger partial charge in [-0.1, -0.05) is 79.7 Å². The van der Waals surface area contributed by atoms with Crippen molar-refractivity contribution in [3.8, 4) is 0 Å². The van der Waals surface area contributed by atoms with Crippen LogP contribution in [-0.2, 0) is 0 Å². The molecule has 2 aromatic rings. The Bertz CT molecular complexity index is 414. The molecule has 0 aromatic heterocycles. The normalized spacial score (nSPS) is 11.2. The van der Waals surface area contributed by atoms with Crippen molar-refractivity contribution in [3.05, 3.63) is 83.9 Å². The van der Waals surface area contributed by atoms with E-state index in [2.05, 4.69) is 79.7 Å². The second kappa shape index (κ2) is 6.05. The van der Waals surface area contributed by atoms with Crippen LogP contribution in [0.25, 0.3) is 0 Å². The summed E-state index contributed by atoms with van der Waals surface area (Å²) in [7, 11) is 0. The van der Waals surface area contributed by atoms with Crippen molar-refractivity contribution < 1.29 is 0 Å². The Morgan fingerprint density at radius 1 is 0.824 bits per heavy atom. The molecule has 0 N–H and O–H groups in total. The Labute approximate surface area is 104 Å². The molecule has 0 spiro atoms. The van der Waals surface area contributed by atoms with Crippen LogP contribution in [0.1, 0.15) is 30.4 Å². The van der Waals surface area contributed by atoms with Gasteiger partial charge in [-0.05, 0) is 17.5 Å². The Kier molecular flexibility index (Phi) is 4.15. The molecule has 0 atom stereocenters. The lowest BCUT2D eigenvalue weighted by molar-refractivity contribution is 1.01. The van der Waals surface area contributed by atoms with Gasteiger partial charge in [-0.15, -0.1) is 0 Å². The van der Waals surface area contributed by atoms with E-state index in [4.69, 9.17) is 0 Å². The van der Waals surface area contributed by atoms with Gasteiger partial charge < -0.3 is 0 Å². The van der Waals surface area contributed by atoms with Crippen molar-refractivity contribution in [1.82, 2.24) is 0 Å². The van der Waals surface area contributed by atoms with Gasteiger partial charge in [0.1, 0.15) is 0 Å². The van der Waals surface area contributed by atoms with Crippen LogP contribution in [0.3, 0.4) is 0 Å². The topological polar surface area (TPSA) is 0 Å². The predicted octanol–water partition coefficient (Wildman–Crippen LogP) is 4.78. The van der Waals surface area contributed by atoms with Crippen LogP contribution in [-0.4, -0.2) is 0 Å². The zero-order chi connectivity index (χ0) is 11.9. The van der Waals surface area contributed by atoms with Crippen molar-refractivity contribution in [3.63, 3.8) is 0 Å². The lowest BCUT2D eigenvalue weighted by Crippen LogP contribution is -1.97. The summed E-state index contributed by atoms with van der Waals surface area (Å²) >= 11 is 0. The van der Waals surface area contributed by atoms with Gasteiger partial charge >= 0.3 is 0 Å². The van der Waals surface area contributed by atoms with Gasteiger partial charge in [0.05, 0.1) is 0 Å². The van der Waals surface area contributed by atoms with Crippen molar-refractivity contribution in [2.45, 2.75) is 19.3 Å². The predicted molar refractivity (Wildman–Crippen MR) is 74.2 cm³/mol. The average molecular weight is 222 g/mol. The molecular formula is C17H18. The first-order valence-corrected chi connectivity index (χ1v) is 6.18. The summed E-state index contributed by atoms with van der Waals surface area (Å²) in [5, 5.41) is 0. The molecule has 86 valence electrons. The van der Waals surface area contributed by atoms with Gasteiger partial charge in [0.15, 0.2) is 0 Å². The van der Waals surface area contributed by atoms with Crippen molar-refractivity contribution in [1.29, 1.82) is 0 Å². The van der Waals surface area contributed by atoms with E-state index in [1.165, 1.54) is 11.1 Å². The molecule has 0 aliphatic heterocycles. The van der Waals surface area contributed by atoms with Crippen LogP contribution in [0, 0.1) is 0 Å². The largest absolute Gasteiger partial charge is 0.0879 e. The summed E-state index contributed by atoms with van der Waals surface area (Å²) in [5.74, 6) is 0.373. The summed E-state index contributed by atoms with van der Waals surface area (Å²) in [4.78, 5) is 0. The second-order valence-corrected chi connectivity index (χ2v) is 4.14. The third-order valence-electron chi connectivity index (χ3n) is 2.88. The molecule has 0 saturated heterocycles. The Morgan fingerprint density at radius 3 is 1.71 bits per heavy atom. The van der Waals surface area contributed by atoms with Gasteiger partial charge in [-0.3, -0.25) is 0 Å². The molecule has 0 saturated carbocycles. The summed E-state index contributed by atoms with van der Waals surface area (Å²) in [5.41, 5.74) is 2.70. The summed E-state index contributed by atoms with van der Waals surface area (Å²) < 4.78 is 0. The first-order valence-electron chi connectivity index (χ1n) is 6.18. The Hall–Kier alpha value is -1.82. The maximum atomic E-state index is 2.30. The number of rotatable bonds is 4. The first kappa shape index (κ1) is 11.7. The van der Waals surface area contributed by atoms with Crippen molar-refractivity contribution in [2.24, 2.45) is 0 Å². The highest BCUT2D eigenvalue weighted by Crippen LogP contribution is 2.25. The quantitative estimate of drug-likeness (QED) is 0.653. The molecule has 0 bridgehead atoms. The molecule has 0 heterocycles. The van der Waals surface area contributed by atoms with E-state index in [9.17, 15) is 0 Å². The monoisotopic (exact) mass is 222 g/mol. The van der Waals surface area contributed by atoms with Crippen LogP contribution >= 0.6 is 0 Å². The zero-order valence-electron chi connectivity index (χ0n) is 10.2. The molecule has 2 aromatic carbocycles. The van der Waals surface area contributed by atoms with Gasteiger partial charge in [-0.25, -0.2) is 0 Å². The molecule has 0 heteroatoms. The second-order valence-electron chi connectivity index (χ2n) is 4.14. The Balaban J connectivity index is 2.36. The van der Waals surface area contributed by atoms with E-state index >= 15 is 0 Å². The number of hydrogen-bond acceptors (Lipinski definition) is 0. The smallest absolute Gasteiger partial charge is 0.0269 e.